The van der Waals surface area contributed by atoms with Crippen molar-refractivity contribution in [3.8, 4) is 11.5 Å². The van der Waals surface area contributed by atoms with Crippen LogP contribution in [-0.4, -0.2) is 48.4 Å². The minimum absolute atomic E-state index is 0.0121. The molecule has 2 saturated heterocycles. The Bertz CT molecular complexity index is 525. The molecule has 0 unspecified atom stereocenters. The molecule has 0 saturated carbocycles. The molecule has 0 N–H and O–H groups in total. The fraction of sp³-hybridized carbons (Fsp3) is 0.538. The molecular weight excluding hydrogens is 284 g/mol. The number of hydrogen-bond donors (Lipinski definition) is 0. The number of hydrogen-bond acceptors (Lipinski definition) is 5. The van der Waals surface area contributed by atoms with Crippen LogP contribution < -0.4 is 9.47 Å². The maximum Gasteiger partial charge on any atom is 0.410 e. The number of pyridine rings is 1. The van der Waals surface area contributed by atoms with E-state index in [0.29, 0.717) is 29.8 Å². The first-order valence-electron chi connectivity index (χ1n) is 6.47. The average Bonchev–Trinajstić information content (AvgIpc) is 2.80. The van der Waals surface area contributed by atoms with Crippen molar-refractivity contribution in [3.05, 3.63) is 17.4 Å². The van der Waals surface area contributed by atoms with E-state index in [4.69, 9.17) is 25.8 Å². The second-order valence-electron chi connectivity index (χ2n) is 4.85. The molecule has 2 atom stereocenters. The molecule has 6 nitrogen and oxygen atoms in total. The van der Waals surface area contributed by atoms with E-state index in [9.17, 15) is 4.79 Å². The van der Waals surface area contributed by atoms with Gasteiger partial charge in [0, 0.05) is 25.5 Å². The van der Waals surface area contributed by atoms with E-state index in [1.807, 2.05) is 0 Å². The van der Waals surface area contributed by atoms with Crippen LogP contribution in [0.5, 0.6) is 11.5 Å². The number of piperidine rings is 1. The van der Waals surface area contributed by atoms with E-state index in [-0.39, 0.29) is 18.2 Å². The summed E-state index contributed by atoms with van der Waals surface area (Å²) in [6.45, 7) is 1.09. The predicted octanol–water partition coefficient (Wildman–Crippen LogP) is 2.11. The summed E-state index contributed by atoms with van der Waals surface area (Å²) in [6, 6.07) is 1.74. The molecule has 0 radical (unpaired) electrons. The van der Waals surface area contributed by atoms with Gasteiger partial charge in [-0.25, -0.2) is 9.78 Å². The molecule has 7 heteroatoms. The summed E-state index contributed by atoms with van der Waals surface area (Å²) in [5.41, 5.74) is 0. The Morgan fingerprint density at radius 2 is 2.35 bits per heavy atom. The van der Waals surface area contributed by atoms with Crippen LogP contribution in [0.15, 0.2) is 12.3 Å². The number of carbonyl (C=O) groups is 1. The summed E-state index contributed by atoms with van der Waals surface area (Å²) in [5.74, 6) is 1.13. The highest BCUT2D eigenvalue weighted by Crippen LogP contribution is 2.32. The van der Waals surface area contributed by atoms with Crippen molar-refractivity contribution in [1.29, 1.82) is 0 Å². The molecule has 20 heavy (non-hydrogen) atoms. The highest BCUT2D eigenvalue weighted by Gasteiger charge is 2.39. The summed E-state index contributed by atoms with van der Waals surface area (Å²) in [7, 11) is 1.56. The molecule has 0 aliphatic carbocycles. The van der Waals surface area contributed by atoms with E-state index in [1.165, 1.54) is 6.20 Å². The van der Waals surface area contributed by atoms with Crippen molar-refractivity contribution in [2.45, 2.75) is 25.0 Å². The van der Waals surface area contributed by atoms with E-state index >= 15 is 0 Å². The van der Waals surface area contributed by atoms with Gasteiger partial charge in [0.25, 0.3) is 0 Å². The molecule has 2 aliphatic heterocycles. The van der Waals surface area contributed by atoms with Crippen LogP contribution in [0.3, 0.4) is 0 Å². The number of fused-ring (bicyclic) bond motifs is 1. The first kappa shape index (κ1) is 13.3. The number of carbonyl (C=O) groups excluding carboxylic acids is 1. The van der Waals surface area contributed by atoms with Gasteiger partial charge < -0.3 is 19.1 Å². The van der Waals surface area contributed by atoms with Gasteiger partial charge in [-0.2, -0.15) is 0 Å². The first-order chi connectivity index (χ1) is 9.67. The topological polar surface area (TPSA) is 60.9 Å². The number of halogens is 1. The van der Waals surface area contributed by atoms with E-state index in [2.05, 4.69) is 4.98 Å². The molecule has 0 aromatic carbocycles. The maximum absolute atomic E-state index is 11.4. The van der Waals surface area contributed by atoms with Crippen molar-refractivity contribution < 1.29 is 19.0 Å². The maximum atomic E-state index is 11.4. The molecule has 2 aliphatic rings. The summed E-state index contributed by atoms with van der Waals surface area (Å²) in [4.78, 5) is 17.2. The van der Waals surface area contributed by atoms with Crippen LogP contribution in [0.2, 0.25) is 5.15 Å². The van der Waals surface area contributed by atoms with Gasteiger partial charge in [-0.3, -0.25) is 0 Å². The predicted molar refractivity (Wildman–Crippen MR) is 71.3 cm³/mol. The molecule has 1 aromatic rings. The van der Waals surface area contributed by atoms with Gasteiger partial charge in [0.15, 0.2) is 11.5 Å². The fourth-order valence-electron chi connectivity index (χ4n) is 2.60. The lowest BCUT2D eigenvalue weighted by Gasteiger charge is -2.32. The quantitative estimate of drug-likeness (QED) is 0.800. The zero-order valence-corrected chi connectivity index (χ0v) is 11.8. The Hall–Kier alpha value is -1.69. The molecule has 2 fully saturated rings. The minimum atomic E-state index is -0.224. The number of amides is 1. The Balaban J connectivity index is 1.70. The SMILES string of the molecule is COc1cnc(Cl)cc1O[C@H]1CCN2C(=O)OC[C@@H]2C1. The van der Waals surface area contributed by atoms with Crippen LogP contribution in [0, 0.1) is 0 Å². The van der Waals surface area contributed by atoms with Crippen molar-refractivity contribution in [1.82, 2.24) is 9.88 Å². The molecule has 0 bridgehead atoms. The number of ether oxygens (including phenoxy) is 3. The largest absolute Gasteiger partial charge is 0.491 e. The van der Waals surface area contributed by atoms with Crippen LogP contribution in [0.1, 0.15) is 12.8 Å². The highest BCUT2D eigenvalue weighted by atomic mass is 35.5. The third kappa shape index (κ3) is 2.47. The van der Waals surface area contributed by atoms with Gasteiger partial charge in [-0.05, 0) is 0 Å². The average molecular weight is 299 g/mol. The smallest absolute Gasteiger partial charge is 0.410 e. The Morgan fingerprint density at radius 1 is 1.50 bits per heavy atom. The van der Waals surface area contributed by atoms with Gasteiger partial charge in [-0.1, -0.05) is 11.6 Å². The molecule has 0 spiro atoms. The fourth-order valence-corrected chi connectivity index (χ4v) is 2.74. The molecule has 1 amide bonds. The summed E-state index contributed by atoms with van der Waals surface area (Å²) < 4.78 is 16.2. The Morgan fingerprint density at radius 3 is 3.15 bits per heavy atom. The zero-order valence-electron chi connectivity index (χ0n) is 11.0. The van der Waals surface area contributed by atoms with E-state index < -0.39 is 0 Å². The third-order valence-electron chi connectivity index (χ3n) is 3.61. The van der Waals surface area contributed by atoms with Gasteiger partial charge in [0.1, 0.15) is 17.9 Å². The number of rotatable bonds is 3. The summed E-state index contributed by atoms with van der Waals surface area (Å²) in [6.07, 6.45) is 2.83. The first-order valence-corrected chi connectivity index (χ1v) is 6.84. The molecule has 1 aromatic heterocycles. The number of methoxy groups -OCH3 is 1. The lowest BCUT2D eigenvalue weighted by Crippen LogP contribution is -2.44. The number of aromatic nitrogens is 1. The molecular formula is C13H15ClN2O4. The molecule has 3 heterocycles. The number of nitrogens with zero attached hydrogens (tertiary/aromatic N) is 2. The summed E-state index contributed by atoms with van der Waals surface area (Å²) >= 11 is 5.88. The zero-order chi connectivity index (χ0) is 14.1. The third-order valence-corrected chi connectivity index (χ3v) is 3.82. The van der Waals surface area contributed by atoms with Crippen LogP contribution >= 0.6 is 11.6 Å². The molecule has 108 valence electrons. The lowest BCUT2D eigenvalue weighted by atomic mass is 10.0. The van der Waals surface area contributed by atoms with Crippen LogP contribution in [0.25, 0.3) is 0 Å². The van der Waals surface area contributed by atoms with Gasteiger partial charge in [0.2, 0.25) is 0 Å². The molecule has 3 rings (SSSR count). The van der Waals surface area contributed by atoms with Gasteiger partial charge >= 0.3 is 6.09 Å². The van der Waals surface area contributed by atoms with Crippen molar-refractivity contribution in [3.63, 3.8) is 0 Å². The van der Waals surface area contributed by atoms with Crippen molar-refractivity contribution in [2.75, 3.05) is 20.3 Å². The van der Waals surface area contributed by atoms with E-state index in [0.717, 1.165) is 12.8 Å². The Kier molecular flexibility index (Phi) is 3.56. The Labute approximate surface area is 121 Å². The van der Waals surface area contributed by atoms with Gasteiger partial charge in [-0.15, -0.1) is 0 Å². The van der Waals surface area contributed by atoms with Gasteiger partial charge in [0.05, 0.1) is 19.3 Å². The van der Waals surface area contributed by atoms with Crippen molar-refractivity contribution >= 4 is 17.7 Å². The lowest BCUT2D eigenvalue weighted by molar-refractivity contribution is 0.0911. The second-order valence-corrected chi connectivity index (χ2v) is 5.23. The van der Waals surface area contributed by atoms with Crippen LogP contribution in [0.4, 0.5) is 4.79 Å². The standard InChI is InChI=1S/C13H15ClN2O4/c1-18-11-6-15-12(14)5-10(11)20-9-2-3-16-8(4-9)7-19-13(16)17/h5-6,8-9H,2-4,7H2,1H3/t8-,9-/m0/s1. The highest BCUT2D eigenvalue weighted by molar-refractivity contribution is 6.29. The van der Waals surface area contributed by atoms with Crippen LogP contribution in [-0.2, 0) is 4.74 Å². The normalized spacial score (nSPS) is 25.1. The van der Waals surface area contributed by atoms with Crippen molar-refractivity contribution in [2.24, 2.45) is 0 Å². The number of cyclic esters (lactones) is 1. The monoisotopic (exact) mass is 298 g/mol. The minimum Gasteiger partial charge on any atom is -0.491 e. The second kappa shape index (κ2) is 5.36. The summed E-state index contributed by atoms with van der Waals surface area (Å²) in [5, 5.41) is 0.359. The van der Waals surface area contributed by atoms with E-state index in [1.54, 1.807) is 18.1 Å².